The number of morpholine rings is 1. The highest BCUT2D eigenvalue weighted by molar-refractivity contribution is 6.03. The molecule has 0 bridgehead atoms. The van der Waals surface area contributed by atoms with Crippen LogP contribution in [0, 0.1) is 5.82 Å². The Balaban J connectivity index is 1.46. The predicted octanol–water partition coefficient (Wildman–Crippen LogP) is 5.07. The Morgan fingerprint density at radius 3 is 2.51 bits per heavy atom. The van der Waals surface area contributed by atoms with Gasteiger partial charge in [-0.1, -0.05) is 36.4 Å². The highest BCUT2D eigenvalue weighted by Crippen LogP contribution is 2.32. The number of hydrogen-bond acceptors (Lipinski definition) is 6. The van der Waals surface area contributed by atoms with Crippen LogP contribution in [0.4, 0.5) is 34.6 Å². The van der Waals surface area contributed by atoms with E-state index in [-0.39, 0.29) is 17.6 Å². The molecule has 8 nitrogen and oxygen atoms in total. The molecular formula is C31H33F4N5O3. The first kappa shape index (κ1) is 31.7. The lowest BCUT2D eigenvalue weighted by atomic mass is 10.0. The summed E-state index contributed by atoms with van der Waals surface area (Å²) in [6.45, 7) is 5.06. The van der Waals surface area contributed by atoms with Crippen LogP contribution in [0.1, 0.15) is 29.7 Å². The van der Waals surface area contributed by atoms with Crippen molar-refractivity contribution in [3.63, 3.8) is 0 Å². The van der Waals surface area contributed by atoms with Crippen LogP contribution in [0.25, 0.3) is 6.08 Å². The number of rotatable bonds is 10. The number of amides is 2. The lowest BCUT2D eigenvalue weighted by Crippen LogP contribution is -2.47. The molecule has 228 valence electrons. The molecular weight excluding hydrogens is 566 g/mol. The van der Waals surface area contributed by atoms with Crippen LogP contribution in [-0.2, 0) is 20.5 Å². The number of nitrogens with zero attached hydrogens (tertiary/aromatic N) is 1. The molecule has 12 heteroatoms. The summed E-state index contributed by atoms with van der Waals surface area (Å²) in [5.74, 6) is -2.43. The zero-order valence-corrected chi connectivity index (χ0v) is 23.5. The number of para-hydroxylation sites is 2. The largest absolute Gasteiger partial charge is 0.419 e. The van der Waals surface area contributed by atoms with Gasteiger partial charge >= 0.3 is 6.18 Å². The SMILES string of the molecule is CC1COCCN1CCNC(C(=O)Nc1ccc(C(F)(F)F)c(F)c1)c1ccc(/C=C/C(=O)Nc2ccccc2N)cc1. The number of anilines is 3. The number of benzene rings is 3. The normalized spacial score (nSPS) is 16.6. The van der Waals surface area contributed by atoms with Crippen molar-refractivity contribution >= 4 is 35.0 Å². The summed E-state index contributed by atoms with van der Waals surface area (Å²) in [6, 6.07) is 15.3. The zero-order valence-electron chi connectivity index (χ0n) is 23.5. The van der Waals surface area contributed by atoms with Gasteiger partial charge in [-0.25, -0.2) is 4.39 Å². The monoisotopic (exact) mass is 599 g/mol. The molecule has 1 heterocycles. The van der Waals surface area contributed by atoms with E-state index >= 15 is 0 Å². The molecule has 1 saturated heterocycles. The molecule has 0 saturated carbocycles. The second kappa shape index (κ2) is 14.3. The molecule has 0 aliphatic carbocycles. The van der Waals surface area contributed by atoms with Crippen LogP contribution < -0.4 is 21.7 Å². The van der Waals surface area contributed by atoms with Crippen LogP contribution in [-0.4, -0.2) is 55.6 Å². The third kappa shape index (κ3) is 8.87. The molecule has 1 fully saturated rings. The molecule has 3 aromatic carbocycles. The third-order valence-corrected chi connectivity index (χ3v) is 6.97. The molecule has 0 radical (unpaired) electrons. The number of nitrogens with one attached hydrogen (secondary N) is 3. The number of carbonyl (C=O) groups is 2. The number of nitrogen functional groups attached to an aromatic ring is 1. The maximum Gasteiger partial charge on any atom is 0.419 e. The van der Waals surface area contributed by atoms with Crippen molar-refractivity contribution in [1.82, 2.24) is 10.2 Å². The Morgan fingerprint density at radius 2 is 1.84 bits per heavy atom. The summed E-state index contributed by atoms with van der Waals surface area (Å²) in [4.78, 5) is 27.9. The van der Waals surface area contributed by atoms with Gasteiger partial charge in [-0.2, -0.15) is 13.2 Å². The maximum atomic E-state index is 14.1. The number of halogens is 4. The van der Waals surface area contributed by atoms with Crippen molar-refractivity contribution in [2.45, 2.75) is 25.2 Å². The van der Waals surface area contributed by atoms with E-state index < -0.39 is 29.5 Å². The standard InChI is InChI=1S/C31H33F4N5O3/c1-20-19-43-17-16-40(20)15-14-37-29(30(42)38-23-11-12-24(25(32)18-23)31(33,34)35)22-9-6-21(7-10-22)8-13-28(41)39-27-5-3-2-4-26(27)36/h2-13,18,20,29,37H,14-17,19,36H2,1H3,(H,38,42)(H,39,41)/b13-8+. The second-order valence-corrected chi connectivity index (χ2v) is 10.1. The van der Waals surface area contributed by atoms with Crippen LogP contribution in [0.3, 0.4) is 0 Å². The molecule has 43 heavy (non-hydrogen) atoms. The Bertz CT molecular complexity index is 1450. The van der Waals surface area contributed by atoms with E-state index in [4.69, 9.17) is 10.5 Å². The van der Waals surface area contributed by atoms with Gasteiger partial charge in [0.05, 0.1) is 30.2 Å². The first-order chi connectivity index (χ1) is 20.5. The summed E-state index contributed by atoms with van der Waals surface area (Å²) in [7, 11) is 0. The fraction of sp³-hybridized carbons (Fsp3) is 0.290. The van der Waals surface area contributed by atoms with Gasteiger partial charge in [-0.05, 0) is 54.5 Å². The highest BCUT2D eigenvalue weighted by atomic mass is 19.4. The topological polar surface area (TPSA) is 109 Å². The number of carbonyl (C=O) groups excluding carboxylic acids is 2. The molecule has 3 aromatic rings. The van der Waals surface area contributed by atoms with Gasteiger partial charge in [0.25, 0.3) is 0 Å². The van der Waals surface area contributed by atoms with Gasteiger partial charge in [0.2, 0.25) is 11.8 Å². The summed E-state index contributed by atoms with van der Waals surface area (Å²) < 4.78 is 58.5. The smallest absolute Gasteiger partial charge is 0.397 e. The van der Waals surface area contributed by atoms with Crippen molar-refractivity contribution in [1.29, 1.82) is 0 Å². The molecule has 1 aliphatic heterocycles. The molecule has 0 spiro atoms. The quantitative estimate of drug-likeness (QED) is 0.147. The van der Waals surface area contributed by atoms with E-state index in [0.29, 0.717) is 60.9 Å². The van der Waals surface area contributed by atoms with Gasteiger partial charge in [0.1, 0.15) is 11.9 Å². The Kier molecular flexibility index (Phi) is 10.5. The van der Waals surface area contributed by atoms with Gasteiger partial charge in [-0.15, -0.1) is 0 Å². The lowest BCUT2D eigenvalue weighted by Gasteiger charge is -2.33. The second-order valence-electron chi connectivity index (χ2n) is 10.1. The maximum absolute atomic E-state index is 14.1. The molecule has 4 rings (SSSR count). The number of hydrogen-bond donors (Lipinski definition) is 4. The predicted molar refractivity (Wildman–Crippen MR) is 158 cm³/mol. The highest BCUT2D eigenvalue weighted by Gasteiger charge is 2.34. The summed E-state index contributed by atoms with van der Waals surface area (Å²) in [6.07, 6.45) is -1.89. The van der Waals surface area contributed by atoms with Crippen molar-refractivity contribution in [3.05, 3.63) is 95.3 Å². The fourth-order valence-electron chi connectivity index (χ4n) is 4.60. The van der Waals surface area contributed by atoms with Crippen LogP contribution in [0.2, 0.25) is 0 Å². The third-order valence-electron chi connectivity index (χ3n) is 6.97. The summed E-state index contributed by atoms with van der Waals surface area (Å²) in [5, 5.41) is 8.44. The Labute approximate surface area is 246 Å². The molecule has 2 atom stereocenters. The average molecular weight is 600 g/mol. The molecule has 1 aliphatic rings. The average Bonchev–Trinajstić information content (AvgIpc) is 2.96. The van der Waals surface area contributed by atoms with E-state index in [9.17, 15) is 27.2 Å². The fourth-order valence-corrected chi connectivity index (χ4v) is 4.60. The van der Waals surface area contributed by atoms with Crippen molar-refractivity contribution in [2.75, 3.05) is 49.2 Å². The van der Waals surface area contributed by atoms with Gasteiger partial charge in [0.15, 0.2) is 0 Å². The van der Waals surface area contributed by atoms with E-state index in [1.165, 1.54) is 6.08 Å². The van der Waals surface area contributed by atoms with Crippen LogP contribution in [0.5, 0.6) is 0 Å². The molecule has 0 aromatic heterocycles. The minimum atomic E-state index is -4.85. The summed E-state index contributed by atoms with van der Waals surface area (Å²) >= 11 is 0. The summed E-state index contributed by atoms with van der Waals surface area (Å²) in [5.41, 5.74) is 6.53. The van der Waals surface area contributed by atoms with E-state index in [1.54, 1.807) is 54.6 Å². The van der Waals surface area contributed by atoms with Crippen molar-refractivity contribution in [2.24, 2.45) is 0 Å². The van der Waals surface area contributed by atoms with E-state index in [0.717, 1.165) is 12.6 Å². The Morgan fingerprint density at radius 1 is 1.09 bits per heavy atom. The van der Waals surface area contributed by atoms with Crippen LogP contribution >= 0.6 is 0 Å². The van der Waals surface area contributed by atoms with Crippen LogP contribution in [0.15, 0.2) is 72.8 Å². The molecule has 2 amide bonds. The number of nitrogens with two attached hydrogens (primary N) is 1. The zero-order chi connectivity index (χ0) is 31.0. The van der Waals surface area contributed by atoms with Gasteiger partial charge in [0, 0.05) is 37.4 Å². The van der Waals surface area contributed by atoms with Crippen molar-refractivity contribution in [3.8, 4) is 0 Å². The van der Waals surface area contributed by atoms with E-state index in [1.807, 2.05) is 6.92 Å². The minimum absolute atomic E-state index is 0.103. The molecule has 5 N–H and O–H groups in total. The van der Waals surface area contributed by atoms with Gasteiger partial charge in [-0.3, -0.25) is 14.5 Å². The van der Waals surface area contributed by atoms with E-state index in [2.05, 4.69) is 20.9 Å². The first-order valence-corrected chi connectivity index (χ1v) is 13.7. The lowest BCUT2D eigenvalue weighted by molar-refractivity contribution is -0.140. The van der Waals surface area contributed by atoms with Gasteiger partial charge < -0.3 is 26.4 Å². The Hall–Kier alpha value is -4.26. The number of ether oxygens (including phenoxy) is 1. The minimum Gasteiger partial charge on any atom is -0.397 e. The first-order valence-electron chi connectivity index (χ1n) is 13.7. The van der Waals surface area contributed by atoms with Crippen molar-refractivity contribution < 1.29 is 31.9 Å². The molecule has 2 unspecified atom stereocenters. The number of alkyl halides is 3.